The molecule has 2 N–H and O–H groups in total. The van der Waals surface area contributed by atoms with E-state index in [0.717, 1.165) is 37.4 Å². The molecule has 3 heterocycles. The van der Waals surface area contributed by atoms with Gasteiger partial charge in [-0.3, -0.25) is 4.79 Å². The van der Waals surface area contributed by atoms with Gasteiger partial charge < -0.3 is 15.1 Å². The van der Waals surface area contributed by atoms with Gasteiger partial charge in [0.25, 0.3) is 5.91 Å². The van der Waals surface area contributed by atoms with Crippen molar-refractivity contribution >= 4 is 5.91 Å². The van der Waals surface area contributed by atoms with E-state index >= 15 is 0 Å². The van der Waals surface area contributed by atoms with E-state index in [9.17, 15) is 9.59 Å². The highest BCUT2D eigenvalue weighted by Gasteiger charge is 2.25. The van der Waals surface area contributed by atoms with Gasteiger partial charge in [-0.05, 0) is 43.7 Å². The first-order valence-corrected chi connectivity index (χ1v) is 9.44. The van der Waals surface area contributed by atoms with Crippen molar-refractivity contribution in [2.45, 2.75) is 25.3 Å². The molecule has 1 aromatic carbocycles. The van der Waals surface area contributed by atoms with Crippen LogP contribution in [-0.4, -0.2) is 40.4 Å². The third-order valence-electron chi connectivity index (χ3n) is 4.96. The lowest BCUT2D eigenvalue weighted by Crippen LogP contribution is -2.31. The van der Waals surface area contributed by atoms with E-state index in [2.05, 4.69) is 15.7 Å². The summed E-state index contributed by atoms with van der Waals surface area (Å²) in [6, 6.07) is 12.8. The number of para-hydroxylation sites is 1. The van der Waals surface area contributed by atoms with Crippen LogP contribution in [-0.2, 0) is 6.54 Å². The Kier molecular flexibility index (Phi) is 5.12. The second kappa shape index (κ2) is 7.85. The van der Waals surface area contributed by atoms with Gasteiger partial charge in [0.1, 0.15) is 18.1 Å². The molecule has 1 saturated heterocycles. The largest absolute Gasteiger partial charge is 0.454 e. The molecule has 3 aromatic rings. The number of nitrogens with one attached hydrogen (secondary N) is 2. The van der Waals surface area contributed by atoms with Crippen LogP contribution in [0.4, 0.5) is 0 Å². The van der Waals surface area contributed by atoms with E-state index in [1.807, 2.05) is 30.3 Å². The molecule has 8 heteroatoms. The summed E-state index contributed by atoms with van der Waals surface area (Å²) in [4.78, 5) is 24.9. The Hall–Kier alpha value is -3.13. The van der Waals surface area contributed by atoms with E-state index < -0.39 is 0 Å². The number of carbonyl (C=O) groups excluding carboxylic acids is 1. The summed E-state index contributed by atoms with van der Waals surface area (Å²) in [5, 5.41) is 10.6. The second-order valence-corrected chi connectivity index (χ2v) is 6.86. The lowest BCUT2D eigenvalue weighted by atomic mass is 9.99. The zero-order chi connectivity index (χ0) is 19.5. The summed E-state index contributed by atoms with van der Waals surface area (Å²) in [5.74, 6) is 1.33. The molecule has 4 rings (SSSR count). The van der Waals surface area contributed by atoms with Crippen molar-refractivity contribution < 1.29 is 9.21 Å². The quantitative estimate of drug-likeness (QED) is 0.699. The second-order valence-electron chi connectivity index (χ2n) is 6.86. The summed E-state index contributed by atoms with van der Waals surface area (Å²) in [7, 11) is 1.54. The van der Waals surface area contributed by atoms with Crippen molar-refractivity contribution in [3.05, 3.63) is 70.3 Å². The summed E-state index contributed by atoms with van der Waals surface area (Å²) in [6.45, 7) is 1.95. The molecule has 146 valence electrons. The highest BCUT2D eigenvalue weighted by molar-refractivity contribution is 5.91. The molecule has 0 bridgehead atoms. The number of hydrogen-bond donors (Lipinski definition) is 2. The number of piperidine rings is 1. The average Bonchev–Trinajstić information content (AvgIpc) is 3.34. The maximum absolute atomic E-state index is 13.2. The number of furan rings is 1. The fraction of sp³-hybridized carbons (Fsp3) is 0.350. The Balaban J connectivity index is 1.72. The van der Waals surface area contributed by atoms with Crippen molar-refractivity contribution in [2.75, 3.05) is 20.1 Å². The average molecular weight is 381 g/mol. The first kappa shape index (κ1) is 18.2. The van der Waals surface area contributed by atoms with Crippen LogP contribution in [0.5, 0.6) is 0 Å². The zero-order valence-electron chi connectivity index (χ0n) is 15.7. The standard InChI is InChI=1S/C20H23N5O3/c1-21-19(26)17-10-9-16(28-17)13-24-20(27)25(15-7-3-2-4-8-15)18(23-24)14-6-5-11-22-12-14/h2-4,7-10,14,22H,5-6,11-13H2,1H3,(H,21,26)/t14-/m0/s1. The van der Waals surface area contributed by atoms with Gasteiger partial charge in [-0.1, -0.05) is 18.2 Å². The number of carbonyl (C=O) groups is 1. The Labute approximate surface area is 162 Å². The third-order valence-corrected chi connectivity index (χ3v) is 4.96. The van der Waals surface area contributed by atoms with Crippen molar-refractivity contribution in [1.29, 1.82) is 0 Å². The number of benzene rings is 1. The van der Waals surface area contributed by atoms with Gasteiger partial charge >= 0.3 is 5.69 Å². The molecule has 1 aliphatic heterocycles. The number of nitrogens with zero attached hydrogens (tertiary/aromatic N) is 3. The molecule has 0 aliphatic carbocycles. The lowest BCUT2D eigenvalue weighted by molar-refractivity contribution is 0.0933. The van der Waals surface area contributed by atoms with E-state index in [4.69, 9.17) is 4.42 Å². The van der Waals surface area contributed by atoms with Crippen LogP contribution in [0.1, 0.15) is 40.9 Å². The number of hydrogen-bond acceptors (Lipinski definition) is 5. The molecular weight excluding hydrogens is 358 g/mol. The summed E-state index contributed by atoms with van der Waals surface area (Å²) in [6.07, 6.45) is 2.03. The first-order chi connectivity index (χ1) is 13.7. The number of aromatic nitrogens is 3. The summed E-state index contributed by atoms with van der Waals surface area (Å²) in [5.41, 5.74) is 0.578. The van der Waals surface area contributed by atoms with Crippen molar-refractivity contribution in [2.24, 2.45) is 0 Å². The van der Waals surface area contributed by atoms with Gasteiger partial charge in [0.05, 0.1) is 5.69 Å². The molecule has 2 aromatic heterocycles. The Bertz CT molecular complexity index is 1010. The molecule has 0 spiro atoms. The van der Waals surface area contributed by atoms with Crippen molar-refractivity contribution in [1.82, 2.24) is 25.0 Å². The molecule has 0 radical (unpaired) electrons. The van der Waals surface area contributed by atoms with Gasteiger partial charge in [-0.2, -0.15) is 5.10 Å². The van der Waals surface area contributed by atoms with Crippen LogP contribution in [0.3, 0.4) is 0 Å². The predicted octanol–water partition coefficient (Wildman–Crippen LogP) is 1.50. The topological polar surface area (TPSA) is 94.1 Å². The van der Waals surface area contributed by atoms with Crippen molar-refractivity contribution in [3.8, 4) is 5.69 Å². The minimum atomic E-state index is -0.303. The number of amides is 1. The van der Waals surface area contributed by atoms with Gasteiger partial charge in [0.15, 0.2) is 5.76 Å². The minimum Gasteiger partial charge on any atom is -0.454 e. The lowest BCUT2D eigenvalue weighted by Gasteiger charge is -2.22. The minimum absolute atomic E-state index is 0.168. The maximum Gasteiger partial charge on any atom is 0.351 e. The smallest absolute Gasteiger partial charge is 0.351 e. The normalized spacial score (nSPS) is 16.8. The van der Waals surface area contributed by atoms with Gasteiger partial charge in [-0.25, -0.2) is 14.0 Å². The van der Waals surface area contributed by atoms with Crippen LogP contribution >= 0.6 is 0 Å². The molecule has 0 unspecified atom stereocenters. The van der Waals surface area contributed by atoms with Gasteiger partial charge in [-0.15, -0.1) is 0 Å². The van der Waals surface area contributed by atoms with Crippen molar-refractivity contribution in [3.63, 3.8) is 0 Å². The third kappa shape index (κ3) is 3.50. The van der Waals surface area contributed by atoms with Crippen LogP contribution < -0.4 is 16.3 Å². The van der Waals surface area contributed by atoms with E-state index in [0.29, 0.717) is 5.76 Å². The molecule has 1 aliphatic rings. The highest BCUT2D eigenvalue weighted by Crippen LogP contribution is 2.23. The Morgan fingerprint density at radius 1 is 1.29 bits per heavy atom. The summed E-state index contributed by atoms with van der Waals surface area (Å²) >= 11 is 0. The molecule has 1 atom stereocenters. The monoisotopic (exact) mass is 381 g/mol. The molecule has 8 nitrogen and oxygen atoms in total. The Morgan fingerprint density at radius 3 is 2.82 bits per heavy atom. The van der Waals surface area contributed by atoms with Gasteiger partial charge in [0, 0.05) is 19.5 Å². The molecule has 1 amide bonds. The highest BCUT2D eigenvalue weighted by atomic mass is 16.4. The summed E-state index contributed by atoms with van der Waals surface area (Å²) < 4.78 is 8.65. The molecule has 28 heavy (non-hydrogen) atoms. The van der Waals surface area contributed by atoms with E-state index in [1.54, 1.807) is 23.7 Å². The zero-order valence-corrected chi connectivity index (χ0v) is 15.7. The van der Waals surface area contributed by atoms with E-state index in [-0.39, 0.29) is 29.8 Å². The fourth-order valence-corrected chi connectivity index (χ4v) is 3.54. The SMILES string of the molecule is CNC(=O)c1ccc(Cn2nc([C@H]3CCCNC3)n(-c3ccccc3)c2=O)o1. The number of rotatable bonds is 5. The fourth-order valence-electron chi connectivity index (χ4n) is 3.54. The molecule has 1 fully saturated rings. The maximum atomic E-state index is 13.2. The van der Waals surface area contributed by atoms with Crippen LogP contribution in [0.25, 0.3) is 5.69 Å². The first-order valence-electron chi connectivity index (χ1n) is 9.44. The van der Waals surface area contributed by atoms with E-state index in [1.165, 1.54) is 4.68 Å². The predicted molar refractivity (Wildman–Crippen MR) is 104 cm³/mol. The van der Waals surface area contributed by atoms with Crippen LogP contribution in [0.15, 0.2) is 51.7 Å². The molecular formula is C20H23N5O3. The van der Waals surface area contributed by atoms with Crippen LogP contribution in [0, 0.1) is 0 Å². The van der Waals surface area contributed by atoms with Gasteiger partial charge in [0.2, 0.25) is 0 Å². The Morgan fingerprint density at radius 2 is 2.11 bits per heavy atom. The van der Waals surface area contributed by atoms with Crippen LogP contribution in [0.2, 0.25) is 0 Å². The molecule has 0 saturated carbocycles.